The zero-order valence-corrected chi connectivity index (χ0v) is 6.78. The zero-order chi connectivity index (χ0) is 8.72. The van der Waals surface area contributed by atoms with Gasteiger partial charge < -0.3 is 10.2 Å². The molecule has 0 aromatic heterocycles. The molecule has 2 rings (SSSR count). The highest BCUT2D eigenvalue weighted by molar-refractivity contribution is 5.70. The van der Waals surface area contributed by atoms with Gasteiger partial charge in [-0.2, -0.15) is 0 Å². The molecule has 0 fully saturated rings. The Morgan fingerprint density at radius 2 is 2.00 bits per heavy atom. The smallest absolute Gasteiger partial charge is 0.119 e. The van der Waals surface area contributed by atoms with Crippen LogP contribution in [0.15, 0.2) is 24.3 Å². The molecule has 0 heterocycles. The lowest BCUT2D eigenvalue weighted by Gasteiger charge is -2.03. The van der Waals surface area contributed by atoms with Crippen molar-refractivity contribution in [3.8, 4) is 5.75 Å². The minimum absolute atomic E-state index is 0.197. The van der Waals surface area contributed by atoms with Crippen molar-refractivity contribution in [2.24, 2.45) is 0 Å². The van der Waals surface area contributed by atoms with Crippen molar-refractivity contribution >= 4 is 5.76 Å². The average Bonchev–Trinajstić information content (AvgIpc) is 2.28. The molecule has 0 spiro atoms. The summed E-state index contributed by atoms with van der Waals surface area (Å²) in [4.78, 5) is 0. The number of aromatic hydroxyl groups is 1. The molecule has 0 saturated heterocycles. The van der Waals surface area contributed by atoms with Gasteiger partial charge in [-0.05, 0) is 23.8 Å². The largest absolute Gasteiger partial charge is 0.508 e. The predicted octanol–water partition coefficient (Wildman–Crippen LogP) is 2.41. The molecular formula is C10H10O2. The Kier molecular flexibility index (Phi) is 1.37. The first-order valence-electron chi connectivity index (χ1n) is 3.92. The van der Waals surface area contributed by atoms with E-state index in [1.807, 2.05) is 13.0 Å². The molecule has 0 amide bonds. The molecule has 1 aromatic rings. The summed E-state index contributed by atoms with van der Waals surface area (Å²) in [6.07, 6.45) is 1.78. The minimum Gasteiger partial charge on any atom is -0.508 e. The van der Waals surface area contributed by atoms with Crippen LogP contribution in [0.4, 0.5) is 0 Å². The summed E-state index contributed by atoms with van der Waals surface area (Å²) in [5.74, 6) is 0.719. The quantitative estimate of drug-likeness (QED) is 0.615. The van der Waals surface area contributed by atoms with E-state index >= 15 is 0 Å². The van der Waals surface area contributed by atoms with Crippen LogP contribution in [0.25, 0.3) is 5.76 Å². The number of hydrogen-bond donors (Lipinski definition) is 2. The Balaban J connectivity index is 2.61. The summed E-state index contributed by atoms with van der Waals surface area (Å²) in [6, 6.07) is 5.07. The number of phenols is 1. The number of aliphatic hydroxyl groups is 1. The third-order valence-corrected chi connectivity index (χ3v) is 2.21. The van der Waals surface area contributed by atoms with Crippen molar-refractivity contribution < 1.29 is 10.2 Å². The molecule has 12 heavy (non-hydrogen) atoms. The van der Waals surface area contributed by atoms with Crippen LogP contribution in [0, 0.1) is 0 Å². The first-order valence-corrected chi connectivity index (χ1v) is 3.92. The number of hydrogen-bond acceptors (Lipinski definition) is 2. The van der Waals surface area contributed by atoms with E-state index in [4.69, 9.17) is 5.11 Å². The van der Waals surface area contributed by atoms with E-state index in [0.29, 0.717) is 0 Å². The molecule has 2 heteroatoms. The number of phenolic OH excluding ortho intramolecular Hbond substituents is 1. The van der Waals surface area contributed by atoms with Crippen LogP contribution >= 0.6 is 0 Å². The molecule has 1 aliphatic rings. The van der Waals surface area contributed by atoms with Crippen molar-refractivity contribution in [1.29, 1.82) is 0 Å². The lowest BCUT2D eigenvalue weighted by atomic mass is 10.0. The Morgan fingerprint density at radius 1 is 1.25 bits per heavy atom. The van der Waals surface area contributed by atoms with Gasteiger partial charge in [0.05, 0.1) is 0 Å². The highest BCUT2D eigenvalue weighted by atomic mass is 16.3. The molecule has 2 N–H and O–H groups in total. The van der Waals surface area contributed by atoms with Crippen molar-refractivity contribution in [1.82, 2.24) is 0 Å². The van der Waals surface area contributed by atoms with Crippen LogP contribution in [0.1, 0.15) is 24.0 Å². The Morgan fingerprint density at radius 3 is 2.75 bits per heavy atom. The van der Waals surface area contributed by atoms with E-state index in [9.17, 15) is 5.11 Å². The lowest BCUT2D eigenvalue weighted by molar-refractivity contribution is 0.473. The SMILES string of the molecule is C[C@H]1C=C(O)c2cc(O)ccc21. The molecular weight excluding hydrogens is 152 g/mol. The normalized spacial score (nSPS) is 20.4. The molecule has 1 aromatic carbocycles. The van der Waals surface area contributed by atoms with Crippen molar-refractivity contribution in [2.45, 2.75) is 12.8 Å². The standard InChI is InChI=1S/C10H10O2/c1-6-4-10(12)9-5-7(11)2-3-8(6)9/h2-6,11-12H,1H3/t6-/m0/s1. The second-order valence-corrected chi connectivity index (χ2v) is 3.11. The molecule has 0 radical (unpaired) electrons. The molecule has 62 valence electrons. The summed E-state index contributed by atoms with van der Waals surface area (Å²) in [5, 5.41) is 18.6. The third kappa shape index (κ3) is 0.881. The maximum absolute atomic E-state index is 9.43. The van der Waals surface area contributed by atoms with Gasteiger partial charge in [-0.1, -0.05) is 13.0 Å². The van der Waals surface area contributed by atoms with E-state index in [1.165, 1.54) is 0 Å². The Hall–Kier alpha value is -1.44. The summed E-state index contributed by atoms with van der Waals surface area (Å²) in [6.45, 7) is 2.01. The number of allylic oxidation sites excluding steroid dienone is 1. The van der Waals surface area contributed by atoms with E-state index in [-0.39, 0.29) is 17.4 Å². The van der Waals surface area contributed by atoms with Gasteiger partial charge in [0.25, 0.3) is 0 Å². The van der Waals surface area contributed by atoms with Crippen LogP contribution in [0.5, 0.6) is 5.75 Å². The molecule has 0 bridgehead atoms. The van der Waals surface area contributed by atoms with Crippen molar-refractivity contribution in [2.75, 3.05) is 0 Å². The fourth-order valence-electron chi connectivity index (χ4n) is 1.58. The minimum atomic E-state index is 0.197. The summed E-state index contributed by atoms with van der Waals surface area (Å²) < 4.78 is 0. The molecule has 0 aliphatic heterocycles. The van der Waals surface area contributed by atoms with Gasteiger partial charge >= 0.3 is 0 Å². The first kappa shape index (κ1) is 7.22. The van der Waals surface area contributed by atoms with Gasteiger partial charge in [-0.15, -0.1) is 0 Å². The summed E-state index contributed by atoms with van der Waals surface area (Å²) in [5.41, 5.74) is 1.83. The molecule has 0 unspecified atom stereocenters. The van der Waals surface area contributed by atoms with Gasteiger partial charge in [0.1, 0.15) is 11.5 Å². The van der Waals surface area contributed by atoms with E-state index < -0.39 is 0 Å². The van der Waals surface area contributed by atoms with E-state index in [1.54, 1.807) is 18.2 Å². The first-order chi connectivity index (χ1) is 5.68. The average molecular weight is 162 g/mol. The van der Waals surface area contributed by atoms with Crippen LogP contribution < -0.4 is 0 Å². The highest BCUT2D eigenvalue weighted by Crippen LogP contribution is 2.35. The predicted molar refractivity (Wildman–Crippen MR) is 47.1 cm³/mol. The van der Waals surface area contributed by atoms with Gasteiger partial charge in [0.2, 0.25) is 0 Å². The fraction of sp³-hybridized carbons (Fsp3) is 0.200. The lowest BCUT2D eigenvalue weighted by Crippen LogP contribution is -1.86. The highest BCUT2D eigenvalue weighted by Gasteiger charge is 2.19. The summed E-state index contributed by atoms with van der Waals surface area (Å²) >= 11 is 0. The van der Waals surface area contributed by atoms with Crippen molar-refractivity contribution in [3.63, 3.8) is 0 Å². The van der Waals surface area contributed by atoms with Crippen LogP contribution in [0.2, 0.25) is 0 Å². The Bertz CT molecular complexity index is 353. The van der Waals surface area contributed by atoms with Crippen LogP contribution in [0.3, 0.4) is 0 Å². The number of rotatable bonds is 0. The van der Waals surface area contributed by atoms with E-state index in [0.717, 1.165) is 11.1 Å². The topological polar surface area (TPSA) is 40.5 Å². The number of benzene rings is 1. The third-order valence-electron chi connectivity index (χ3n) is 2.21. The van der Waals surface area contributed by atoms with Gasteiger partial charge in [0, 0.05) is 11.5 Å². The summed E-state index contributed by atoms with van der Waals surface area (Å²) in [7, 11) is 0. The monoisotopic (exact) mass is 162 g/mol. The maximum atomic E-state index is 9.43. The van der Waals surface area contributed by atoms with Gasteiger partial charge in [-0.25, -0.2) is 0 Å². The fourth-order valence-corrected chi connectivity index (χ4v) is 1.58. The van der Waals surface area contributed by atoms with Crippen molar-refractivity contribution in [3.05, 3.63) is 35.4 Å². The van der Waals surface area contributed by atoms with Gasteiger partial charge in [-0.3, -0.25) is 0 Å². The maximum Gasteiger partial charge on any atom is 0.119 e. The van der Waals surface area contributed by atoms with Crippen LogP contribution in [-0.4, -0.2) is 10.2 Å². The van der Waals surface area contributed by atoms with Gasteiger partial charge in [0.15, 0.2) is 0 Å². The zero-order valence-electron chi connectivity index (χ0n) is 6.78. The Labute approximate surface area is 70.8 Å². The number of fused-ring (bicyclic) bond motifs is 1. The molecule has 1 atom stereocenters. The number of aliphatic hydroxyl groups excluding tert-OH is 1. The van der Waals surface area contributed by atoms with E-state index in [2.05, 4.69) is 0 Å². The molecule has 0 saturated carbocycles. The molecule has 2 nitrogen and oxygen atoms in total. The second kappa shape index (κ2) is 2.27. The molecule has 1 aliphatic carbocycles. The van der Waals surface area contributed by atoms with Crippen LogP contribution in [-0.2, 0) is 0 Å². The second-order valence-electron chi connectivity index (χ2n) is 3.11.